The summed E-state index contributed by atoms with van der Waals surface area (Å²) in [7, 11) is -0.642. The Morgan fingerprint density at radius 3 is 2.52 bits per heavy atom. The molecule has 0 spiro atoms. The predicted octanol–water partition coefficient (Wildman–Crippen LogP) is 3.21. The molecule has 164 valence electrons. The molecule has 2 N–H and O–H groups in total. The van der Waals surface area contributed by atoms with Crippen molar-refractivity contribution < 1.29 is 22.7 Å². The Morgan fingerprint density at radius 2 is 1.81 bits per heavy atom. The van der Waals surface area contributed by atoms with Crippen LogP contribution in [-0.2, 0) is 27.8 Å². The van der Waals surface area contributed by atoms with Gasteiger partial charge in [0.25, 0.3) is 10.0 Å². The second-order valence-electron chi connectivity index (χ2n) is 6.55. The second kappa shape index (κ2) is 10.3. The summed E-state index contributed by atoms with van der Waals surface area (Å²) in [5.74, 6) is 1.19. The number of anilines is 1. The number of nitrogens with zero attached hydrogens (tertiary/aromatic N) is 1. The molecule has 0 radical (unpaired) electrons. The van der Waals surface area contributed by atoms with Crippen LogP contribution in [0.2, 0.25) is 0 Å². The minimum atomic E-state index is -3.75. The largest absolute Gasteiger partial charge is 0.497 e. The summed E-state index contributed by atoms with van der Waals surface area (Å²) in [6, 6.07) is 13.5. The molecule has 10 heteroatoms. The molecule has 3 aromatic rings. The van der Waals surface area contributed by atoms with Gasteiger partial charge in [0.1, 0.15) is 11.5 Å². The number of aryl methyl sites for hydroxylation is 1. The standard InChI is InChI=1S/C21H23N3O5S2/c1-28-17-7-9-19(10-8-17)31(26,27)24-21-23-16(14-30-21)6-11-20(25)22-13-15-4-3-5-18(12-15)29-2/h3-5,7-10,12,14H,6,11,13H2,1-2H3,(H,22,25)(H,23,24). The van der Waals surface area contributed by atoms with Gasteiger partial charge < -0.3 is 14.8 Å². The Hall–Kier alpha value is -3.11. The first-order valence-corrected chi connectivity index (χ1v) is 11.8. The molecule has 0 saturated carbocycles. The zero-order valence-corrected chi connectivity index (χ0v) is 18.8. The highest BCUT2D eigenvalue weighted by Crippen LogP contribution is 2.22. The van der Waals surface area contributed by atoms with Gasteiger partial charge in [-0.15, -0.1) is 11.3 Å². The summed E-state index contributed by atoms with van der Waals surface area (Å²) < 4.78 is 37.6. The Balaban J connectivity index is 1.50. The van der Waals surface area contributed by atoms with E-state index in [4.69, 9.17) is 9.47 Å². The van der Waals surface area contributed by atoms with Gasteiger partial charge in [-0.1, -0.05) is 12.1 Å². The molecule has 0 atom stereocenters. The van der Waals surface area contributed by atoms with Gasteiger partial charge in [0, 0.05) is 18.3 Å². The van der Waals surface area contributed by atoms with Crippen LogP contribution in [0, 0.1) is 0 Å². The maximum atomic E-state index is 12.5. The van der Waals surface area contributed by atoms with E-state index in [1.54, 1.807) is 24.6 Å². The fourth-order valence-corrected chi connectivity index (χ4v) is 4.71. The molecule has 1 heterocycles. The lowest BCUT2D eigenvalue weighted by atomic mass is 10.2. The van der Waals surface area contributed by atoms with Gasteiger partial charge in [-0.3, -0.25) is 9.52 Å². The van der Waals surface area contributed by atoms with Crippen molar-refractivity contribution in [2.45, 2.75) is 24.3 Å². The Kier molecular flexibility index (Phi) is 7.48. The van der Waals surface area contributed by atoms with E-state index in [2.05, 4.69) is 15.0 Å². The molecule has 1 aromatic heterocycles. The Morgan fingerprint density at radius 1 is 1.06 bits per heavy atom. The molecule has 2 aromatic carbocycles. The van der Waals surface area contributed by atoms with Crippen molar-refractivity contribution in [2.75, 3.05) is 18.9 Å². The maximum Gasteiger partial charge on any atom is 0.263 e. The molecule has 0 bridgehead atoms. The Labute approximate surface area is 185 Å². The molecule has 3 rings (SSSR count). The third-order valence-corrected chi connectivity index (χ3v) is 6.67. The lowest BCUT2D eigenvalue weighted by Gasteiger charge is -2.07. The number of carbonyl (C=O) groups excluding carboxylic acids is 1. The summed E-state index contributed by atoms with van der Waals surface area (Å²) in [6.45, 7) is 0.403. The first kappa shape index (κ1) is 22.6. The number of thiazole rings is 1. The molecule has 0 aliphatic carbocycles. The number of hydrogen-bond donors (Lipinski definition) is 2. The molecule has 0 aliphatic rings. The average Bonchev–Trinajstić information content (AvgIpc) is 3.23. The molecule has 1 amide bonds. The fourth-order valence-electron chi connectivity index (χ4n) is 2.71. The van der Waals surface area contributed by atoms with Crippen LogP contribution in [0.3, 0.4) is 0 Å². The Bertz CT molecular complexity index is 1130. The first-order valence-electron chi connectivity index (χ1n) is 9.40. The number of hydrogen-bond acceptors (Lipinski definition) is 7. The number of nitrogens with one attached hydrogen (secondary N) is 2. The lowest BCUT2D eigenvalue weighted by molar-refractivity contribution is -0.121. The lowest BCUT2D eigenvalue weighted by Crippen LogP contribution is -2.23. The first-order chi connectivity index (χ1) is 14.9. The van der Waals surface area contributed by atoms with Crippen LogP contribution in [0.1, 0.15) is 17.7 Å². The molecule has 8 nitrogen and oxygen atoms in total. The minimum Gasteiger partial charge on any atom is -0.497 e. The number of methoxy groups -OCH3 is 2. The molecule has 0 fully saturated rings. The van der Waals surface area contributed by atoms with Crippen molar-refractivity contribution in [1.29, 1.82) is 0 Å². The van der Waals surface area contributed by atoms with Gasteiger partial charge >= 0.3 is 0 Å². The number of amides is 1. The highest BCUT2D eigenvalue weighted by Gasteiger charge is 2.16. The third kappa shape index (κ3) is 6.43. The van der Waals surface area contributed by atoms with E-state index in [0.29, 0.717) is 24.4 Å². The monoisotopic (exact) mass is 461 g/mol. The van der Waals surface area contributed by atoms with Crippen molar-refractivity contribution in [3.05, 3.63) is 65.2 Å². The van der Waals surface area contributed by atoms with Crippen LogP contribution in [0.15, 0.2) is 58.8 Å². The van der Waals surface area contributed by atoms with Gasteiger partial charge in [0.2, 0.25) is 5.91 Å². The molecule has 31 heavy (non-hydrogen) atoms. The van der Waals surface area contributed by atoms with Crippen molar-refractivity contribution in [3.63, 3.8) is 0 Å². The number of rotatable bonds is 10. The van der Waals surface area contributed by atoms with E-state index in [0.717, 1.165) is 11.3 Å². The van der Waals surface area contributed by atoms with E-state index in [1.165, 1.54) is 30.6 Å². The number of benzene rings is 2. The van der Waals surface area contributed by atoms with Gasteiger partial charge in [-0.25, -0.2) is 13.4 Å². The van der Waals surface area contributed by atoms with Gasteiger partial charge in [-0.05, 0) is 48.4 Å². The number of aromatic nitrogens is 1. The van der Waals surface area contributed by atoms with Crippen LogP contribution in [0.4, 0.5) is 5.13 Å². The van der Waals surface area contributed by atoms with Crippen LogP contribution >= 0.6 is 11.3 Å². The predicted molar refractivity (Wildman–Crippen MR) is 119 cm³/mol. The summed E-state index contributed by atoms with van der Waals surface area (Å²) >= 11 is 1.17. The summed E-state index contributed by atoms with van der Waals surface area (Å²) in [5.41, 5.74) is 1.59. The zero-order chi connectivity index (χ0) is 22.3. The van der Waals surface area contributed by atoms with E-state index >= 15 is 0 Å². The van der Waals surface area contributed by atoms with Crippen molar-refractivity contribution in [1.82, 2.24) is 10.3 Å². The third-order valence-electron chi connectivity index (χ3n) is 4.38. The highest BCUT2D eigenvalue weighted by atomic mass is 32.2. The van der Waals surface area contributed by atoms with E-state index < -0.39 is 10.0 Å². The van der Waals surface area contributed by atoms with Gasteiger partial charge in [-0.2, -0.15) is 0 Å². The average molecular weight is 462 g/mol. The summed E-state index contributed by atoms with van der Waals surface area (Å²) in [4.78, 5) is 16.5. The van der Waals surface area contributed by atoms with E-state index in [-0.39, 0.29) is 22.4 Å². The van der Waals surface area contributed by atoms with E-state index in [9.17, 15) is 13.2 Å². The normalized spacial score (nSPS) is 11.0. The van der Waals surface area contributed by atoms with Crippen LogP contribution in [0.5, 0.6) is 11.5 Å². The van der Waals surface area contributed by atoms with Gasteiger partial charge in [0.05, 0.1) is 24.8 Å². The SMILES string of the molecule is COc1ccc(S(=O)(=O)Nc2nc(CCC(=O)NCc3cccc(OC)c3)cs2)cc1. The molecular weight excluding hydrogens is 438 g/mol. The fraction of sp³-hybridized carbons (Fsp3) is 0.238. The van der Waals surface area contributed by atoms with Crippen molar-refractivity contribution in [3.8, 4) is 11.5 Å². The smallest absolute Gasteiger partial charge is 0.263 e. The van der Waals surface area contributed by atoms with Crippen molar-refractivity contribution in [2.24, 2.45) is 0 Å². The molecular formula is C21H23N3O5S2. The molecule has 0 aliphatic heterocycles. The van der Waals surface area contributed by atoms with Crippen LogP contribution in [0.25, 0.3) is 0 Å². The minimum absolute atomic E-state index is 0.113. The maximum absolute atomic E-state index is 12.5. The summed E-state index contributed by atoms with van der Waals surface area (Å²) in [5, 5.41) is 4.85. The van der Waals surface area contributed by atoms with Crippen LogP contribution < -0.4 is 19.5 Å². The zero-order valence-electron chi connectivity index (χ0n) is 17.1. The highest BCUT2D eigenvalue weighted by molar-refractivity contribution is 7.93. The number of carbonyl (C=O) groups is 1. The van der Waals surface area contributed by atoms with Gasteiger partial charge in [0.15, 0.2) is 5.13 Å². The van der Waals surface area contributed by atoms with E-state index in [1.807, 2.05) is 24.3 Å². The van der Waals surface area contributed by atoms with Crippen LogP contribution in [-0.4, -0.2) is 33.5 Å². The quantitative estimate of drug-likeness (QED) is 0.480. The molecule has 0 saturated heterocycles. The summed E-state index contributed by atoms with van der Waals surface area (Å²) in [6.07, 6.45) is 0.656. The van der Waals surface area contributed by atoms with Crippen molar-refractivity contribution >= 4 is 32.4 Å². The number of sulfonamides is 1. The topological polar surface area (TPSA) is 107 Å². The second-order valence-corrected chi connectivity index (χ2v) is 9.09. The number of ether oxygens (including phenoxy) is 2. The molecule has 0 unspecified atom stereocenters.